The first kappa shape index (κ1) is 13.0. The van der Waals surface area contributed by atoms with E-state index in [2.05, 4.69) is 20.8 Å². The van der Waals surface area contributed by atoms with Crippen molar-refractivity contribution in [3.05, 3.63) is 0 Å². The van der Waals surface area contributed by atoms with Crippen LogP contribution in [0.3, 0.4) is 0 Å². The number of rotatable bonds is 4. The van der Waals surface area contributed by atoms with Crippen molar-refractivity contribution in [2.75, 3.05) is 6.54 Å². The first-order valence-electron chi connectivity index (χ1n) is 6.47. The number of hydrogen-bond donors (Lipinski definition) is 1. The Kier molecular flexibility index (Phi) is 5.07. The van der Waals surface area contributed by atoms with Gasteiger partial charge in [-0.05, 0) is 45.6 Å². The highest BCUT2D eigenvalue weighted by Crippen LogP contribution is 2.29. The van der Waals surface area contributed by atoms with Crippen LogP contribution in [0.5, 0.6) is 0 Å². The molecular formula is C13H27NO. The zero-order chi connectivity index (χ0) is 11.3. The van der Waals surface area contributed by atoms with Crippen molar-refractivity contribution in [3.8, 4) is 0 Å². The SMILES string of the molecule is CCC(C)(C)OC1CCCCCC1CN. The van der Waals surface area contributed by atoms with Gasteiger partial charge < -0.3 is 10.5 Å². The van der Waals surface area contributed by atoms with E-state index < -0.39 is 0 Å². The normalized spacial score (nSPS) is 28.8. The molecule has 1 aliphatic rings. The maximum atomic E-state index is 6.23. The Morgan fingerprint density at radius 3 is 2.47 bits per heavy atom. The molecule has 1 saturated carbocycles. The van der Waals surface area contributed by atoms with Gasteiger partial charge in [0.05, 0.1) is 11.7 Å². The second-order valence-electron chi connectivity index (χ2n) is 5.40. The molecule has 15 heavy (non-hydrogen) atoms. The molecule has 0 heterocycles. The minimum Gasteiger partial charge on any atom is -0.372 e. The van der Waals surface area contributed by atoms with Crippen molar-refractivity contribution in [1.82, 2.24) is 0 Å². The van der Waals surface area contributed by atoms with E-state index in [1.165, 1.54) is 32.1 Å². The Hall–Kier alpha value is -0.0800. The smallest absolute Gasteiger partial charge is 0.0627 e. The third-order valence-corrected chi connectivity index (χ3v) is 3.71. The van der Waals surface area contributed by atoms with Crippen LogP contribution in [0.1, 0.15) is 59.3 Å². The molecular weight excluding hydrogens is 186 g/mol. The van der Waals surface area contributed by atoms with Gasteiger partial charge in [0.15, 0.2) is 0 Å². The van der Waals surface area contributed by atoms with Crippen LogP contribution < -0.4 is 5.73 Å². The van der Waals surface area contributed by atoms with Gasteiger partial charge in [0.1, 0.15) is 0 Å². The summed E-state index contributed by atoms with van der Waals surface area (Å²) in [6, 6.07) is 0. The van der Waals surface area contributed by atoms with Crippen LogP contribution >= 0.6 is 0 Å². The molecule has 0 bridgehead atoms. The molecule has 2 heteroatoms. The lowest BCUT2D eigenvalue weighted by atomic mass is 9.96. The summed E-state index contributed by atoms with van der Waals surface area (Å²) in [5.74, 6) is 0.582. The second-order valence-corrected chi connectivity index (χ2v) is 5.40. The summed E-state index contributed by atoms with van der Waals surface area (Å²) in [7, 11) is 0. The summed E-state index contributed by atoms with van der Waals surface area (Å²) in [5, 5.41) is 0. The average Bonchev–Trinajstić information content (AvgIpc) is 2.42. The summed E-state index contributed by atoms with van der Waals surface area (Å²) in [6.07, 6.45) is 7.90. The Labute approximate surface area is 94.6 Å². The van der Waals surface area contributed by atoms with Gasteiger partial charge >= 0.3 is 0 Å². The van der Waals surface area contributed by atoms with E-state index in [4.69, 9.17) is 10.5 Å². The van der Waals surface area contributed by atoms with Gasteiger partial charge in [0, 0.05) is 0 Å². The van der Waals surface area contributed by atoms with Gasteiger partial charge in [-0.2, -0.15) is 0 Å². The molecule has 1 aliphatic carbocycles. The molecule has 2 N–H and O–H groups in total. The van der Waals surface area contributed by atoms with Gasteiger partial charge in [0.25, 0.3) is 0 Å². The van der Waals surface area contributed by atoms with Crippen LogP contribution in [0.4, 0.5) is 0 Å². The van der Waals surface area contributed by atoms with E-state index in [0.717, 1.165) is 13.0 Å². The molecule has 0 amide bonds. The monoisotopic (exact) mass is 213 g/mol. The number of ether oxygens (including phenoxy) is 1. The third kappa shape index (κ3) is 4.12. The van der Waals surface area contributed by atoms with Crippen molar-refractivity contribution < 1.29 is 4.74 Å². The molecule has 0 aliphatic heterocycles. The molecule has 90 valence electrons. The lowest BCUT2D eigenvalue weighted by molar-refractivity contribution is -0.0975. The highest BCUT2D eigenvalue weighted by Gasteiger charge is 2.28. The number of hydrogen-bond acceptors (Lipinski definition) is 2. The van der Waals surface area contributed by atoms with Crippen molar-refractivity contribution in [3.63, 3.8) is 0 Å². The third-order valence-electron chi connectivity index (χ3n) is 3.71. The second kappa shape index (κ2) is 5.86. The largest absolute Gasteiger partial charge is 0.372 e. The average molecular weight is 213 g/mol. The molecule has 0 aromatic rings. The van der Waals surface area contributed by atoms with Crippen LogP contribution in [-0.2, 0) is 4.74 Å². The van der Waals surface area contributed by atoms with Gasteiger partial charge in [-0.25, -0.2) is 0 Å². The fourth-order valence-electron chi connectivity index (χ4n) is 2.27. The molecule has 1 rings (SSSR count). The molecule has 0 saturated heterocycles. The molecule has 0 aromatic heterocycles. The van der Waals surface area contributed by atoms with Gasteiger partial charge in [-0.1, -0.05) is 26.2 Å². The number of nitrogens with two attached hydrogens (primary N) is 1. The van der Waals surface area contributed by atoms with Crippen LogP contribution in [0.15, 0.2) is 0 Å². The minimum absolute atomic E-state index is 0.0163. The van der Waals surface area contributed by atoms with E-state index in [1.807, 2.05) is 0 Å². The van der Waals surface area contributed by atoms with Crippen LogP contribution in [0, 0.1) is 5.92 Å². The summed E-state index contributed by atoms with van der Waals surface area (Å²) >= 11 is 0. The Morgan fingerprint density at radius 1 is 1.20 bits per heavy atom. The fourth-order valence-corrected chi connectivity index (χ4v) is 2.27. The van der Waals surface area contributed by atoms with E-state index in [9.17, 15) is 0 Å². The fraction of sp³-hybridized carbons (Fsp3) is 1.00. The van der Waals surface area contributed by atoms with Crippen LogP contribution in [0.2, 0.25) is 0 Å². The zero-order valence-electron chi connectivity index (χ0n) is 10.6. The standard InChI is InChI=1S/C13H27NO/c1-4-13(2,3)15-12-9-7-5-6-8-11(12)10-14/h11-12H,4-10,14H2,1-3H3. The van der Waals surface area contributed by atoms with Crippen LogP contribution in [-0.4, -0.2) is 18.2 Å². The maximum absolute atomic E-state index is 6.23. The molecule has 1 fully saturated rings. The summed E-state index contributed by atoms with van der Waals surface area (Å²) in [5.41, 5.74) is 5.86. The van der Waals surface area contributed by atoms with E-state index in [1.54, 1.807) is 0 Å². The van der Waals surface area contributed by atoms with Crippen molar-refractivity contribution in [2.45, 2.75) is 71.0 Å². The first-order valence-corrected chi connectivity index (χ1v) is 6.47. The van der Waals surface area contributed by atoms with E-state index in [-0.39, 0.29) is 5.60 Å². The Morgan fingerprint density at radius 2 is 1.87 bits per heavy atom. The topological polar surface area (TPSA) is 35.2 Å². The molecule has 2 unspecified atom stereocenters. The van der Waals surface area contributed by atoms with Crippen molar-refractivity contribution in [2.24, 2.45) is 11.7 Å². The summed E-state index contributed by atoms with van der Waals surface area (Å²) in [4.78, 5) is 0. The van der Waals surface area contributed by atoms with Crippen LogP contribution in [0.25, 0.3) is 0 Å². The summed E-state index contributed by atoms with van der Waals surface area (Å²) in [6.45, 7) is 7.34. The molecule has 2 nitrogen and oxygen atoms in total. The molecule has 0 aromatic carbocycles. The lowest BCUT2D eigenvalue weighted by Gasteiger charge is -2.33. The van der Waals surface area contributed by atoms with E-state index in [0.29, 0.717) is 12.0 Å². The summed E-state index contributed by atoms with van der Waals surface area (Å²) < 4.78 is 6.23. The Balaban J connectivity index is 2.55. The van der Waals surface area contributed by atoms with E-state index >= 15 is 0 Å². The molecule has 0 radical (unpaired) electrons. The van der Waals surface area contributed by atoms with Gasteiger partial charge in [0.2, 0.25) is 0 Å². The lowest BCUT2D eigenvalue weighted by Crippen LogP contribution is -2.37. The Bertz CT molecular complexity index is 179. The van der Waals surface area contributed by atoms with Crippen molar-refractivity contribution in [1.29, 1.82) is 0 Å². The van der Waals surface area contributed by atoms with Crippen molar-refractivity contribution >= 4 is 0 Å². The quantitative estimate of drug-likeness (QED) is 0.728. The predicted octanol–water partition coefficient (Wildman–Crippen LogP) is 3.10. The van der Waals surface area contributed by atoms with Gasteiger partial charge in [-0.15, -0.1) is 0 Å². The maximum Gasteiger partial charge on any atom is 0.0627 e. The molecule has 2 atom stereocenters. The first-order chi connectivity index (χ1) is 7.09. The predicted molar refractivity (Wildman–Crippen MR) is 64.9 cm³/mol. The van der Waals surface area contributed by atoms with Gasteiger partial charge in [-0.3, -0.25) is 0 Å². The zero-order valence-corrected chi connectivity index (χ0v) is 10.6. The highest BCUT2D eigenvalue weighted by molar-refractivity contribution is 4.79. The molecule has 0 spiro atoms. The highest BCUT2D eigenvalue weighted by atomic mass is 16.5. The minimum atomic E-state index is 0.0163.